The van der Waals surface area contributed by atoms with Gasteiger partial charge in [-0.1, -0.05) is 27.7 Å². The van der Waals surface area contributed by atoms with Crippen molar-refractivity contribution in [3.8, 4) is 0 Å². The number of hydrogen-bond donors (Lipinski definition) is 0. The Labute approximate surface area is 87.4 Å². The largest absolute Gasteiger partial charge is 0.335 e. The maximum Gasteiger partial charge on any atom is 0.108 e. The van der Waals surface area contributed by atoms with Crippen molar-refractivity contribution in [3.05, 3.63) is 18.2 Å². The molecule has 0 atom stereocenters. The van der Waals surface area contributed by atoms with Crippen molar-refractivity contribution >= 4 is 0 Å². The molecule has 0 amide bonds. The lowest BCUT2D eigenvalue weighted by Gasteiger charge is -2.10. The molecule has 0 radical (unpaired) electrons. The van der Waals surface area contributed by atoms with Crippen LogP contribution in [0.4, 0.5) is 0 Å². The van der Waals surface area contributed by atoms with Crippen molar-refractivity contribution in [2.45, 2.75) is 47.1 Å². The summed E-state index contributed by atoms with van der Waals surface area (Å²) in [4.78, 5) is 4.40. The van der Waals surface area contributed by atoms with Gasteiger partial charge < -0.3 is 4.57 Å². The Bertz CT molecular complexity index is 261. The molecule has 0 saturated heterocycles. The summed E-state index contributed by atoms with van der Waals surface area (Å²) in [6.45, 7) is 10.1. The minimum Gasteiger partial charge on any atom is -0.335 e. The third kappa shape index (κ3) is 3.52. The number of imidazole rings is 1. The summed E-state index contributed by atoms with van der Waals surface area (Å²) < 4.78 is 2.29. The zero-order valence-corrected chi connectivity index (χ0v) is 9.83. The summed E-state index contributed by atoms with van der Waals surface area (Å²) in [6.07, 6.45) is 6.34. The van der Waals surface area contributed by atoms with E-state index in [1.54, 1.807) is 0 Å². The van der Waals surface area contributed by atoms with Crippen LogP contribution in [0.2, 0.25) is 0 Å². The van der Waals surface area contributed by atoms with Crippen LogP contribution in [0.5, 0.6) is 0 Å². The second kappa shape index (κ2) is 5.18. The van der Waals surface area contributed by atoms with Gasteiger partial charge in [0.05, 0.1) is 0 Å². The maximum atomic E-state index is 4.40. The topological polar surface area (TPSA) is 17.8 Å². The molecule has 0 aliphatic carbocycles. The molecule has 0 aliphatic rings. The van der Waals surface area contributed by atoms with Gasteiger partial charge in [-0.2, -0.15) is 0 Å². The first-order chi connectivity index (χ1) is 6.59. The maximum absolute atomic E-state index is 4.40. The molecule has 0 N–H and O–H groups in total. The van der Waals surface area contributed by atoms with Gasteiger partial charge in [-0.15, -0.1) is 0 Å². The SMILES string of the molecule is CC(C)CCn1ccnc1CC(C)C. The zero-order valence-electron chi connectivity index (χ0n) is 9.83. The van der Waals surface area contributed by atoms with E-state index in [4.69, 9.17) is 0 Å². The molecule has 2 nitrogen and oxygen atoms in total. The third-order valence-electron chi connectivity index (χ3n) is 2.34. The summed E-state index contributed by atoms with van der Waals surface area (Å²) in [5.41, 5.74) is 0. The van der Waals surface area contributed by atoms with Crippen LogP contribution in [0, 0.1) is 11.8 Å². The van der Waals surface area contributed by atoms with Gasteiger partial charge in [-0.25, -0.2) is 4.98 Å². The average molecular weight is 194 g/mol. The van der Waals surface area contributed by atoms with Crippen LogP contribution in [-0.4, -0.2) is 9.55 Å². The highest BCUT2D eigenvalue weighted by atomic mass is 15.1. The Balaban J connectivity index is 2.53. The molecule has 80 valence electrons. The van der Waals surface area contributed by atoms with Crippen LogP contribution >= 0.6 is 0 Å². The molecule has 14 heavy (non-hydrogen) atoms. The molecule has 0 spiro atoms. The summed E-state index contributed by atoms with van der Waals surface area (Å²) in [5, 5.41) is 0. The molecule has 1 aromatic rings. The molecule has 0 aliphatic heterocycles. The van der Waals surface area contributed by atoms with Gasteiger partial charge in [-0.05, 0) is 18.3 Å². The van der Waals surface area contributed by atoms with E-state index in [0.717, 1.165) is 18.9 Å². The lowest BCUT2D eigenvalue weighted by Crippen LogP contribution is -2.07. The Hall–Kier alpha value is -0.790. The molecular weight excluding hydrogens is 172 g/mol. The molecule has 0 fully saturated rings. The molecule has 0 unspecified atom stereocenters. The summed E-state index contributed by atoms with van der Waals surface area (Å²) in [5.74, 6) is 2.69. The van der Waals surface area contributed by atoms with Crippen molar-refractivity contribution in [3.63, 3.8) is 0 Å². The predicted octanol–water partition coefficient (Wildman–Crippen LogP) is 3.13. The quantitative estimate of drug-likeness (QED) is 0.704. The highest BCUT2D eigenvalue weighted by Gasteiger charge is 2.05. The minimum absolute atomic E-state index is 0.690. The normalized spacial score (nSPS) is 11.6. The fraction of sp³-hybridized carbons (Fsp3) is 0.750. The fourth-order valence-electron chi connectivity index (χ4n) is 1.50. The van der Waals surface area contributed by atoms with Gasteiger partial charge in [0.1, 0.15) is 5.82 Å². The van der Waals surface area contributed by atoms with Crippen LogP contribution < -0.4 is 0 Å². The number of aryl methyl sites for hydroxylation is 1. The van der Waals surface area contributed by atoms with Gasteiger partial charge in [0, 0.05) is 25.4 Å². The van der Waals surface area contributed by atoms with E-state index in [0.29, 0.717) is 5.92 Å². The molecule has 1 aromatic heterocycles. The highest BCUT2D eigenvalue weighted by Crippen LogP contribution is 2.09. The van der Waals surface area contributed by atoms with E-state index >= 15 is 0 Å². The van der Waals surface area contributed by atoms with Gasteiger partial charge >= 0.3 is 0 Å². The first-order valence-corrected chi connectivity index (χ1v) is 5.59. The van der Waals surface area contributed by atoms with Crippen LogP contribution in [0.25, 0.3) is 0 Å². The van der Waals surface area contributed by atoms with E-state index < -0.39 is 0 Å². The Morgan fingerprint density at radius 1 is 1.21 bits per heavy atom. The zero-order chi connectivity index (χ0) is 10.6. The van der Waals surface area contributed by atoms with Crippen molar-refractivity contribution in [2.75, 3.05) is 0 Å². The summed E-state index contributed by atoms with van der Waals surface area (Å²) in [7, 11) is 0. The van der Waals surface area contributed by atoms with Crippen molar-refractivity contribution < 1.29 is 0 Å². The van der Waals surface area contributed by atoms with E-state index in [9.17, 15) is 0 Å². The molecule has 1 rings (SSSR count). The number of nitrogens with zero attached hydrogens (tertiary/aromatic N) is 2. The van der Waals surface area contributed by atoms with Crippen molar-refractivity contribution in [1.82, 2.24) is 9.55 Å². The highest BCUT2D eigenvalue weighted by molar-refractivity contribution is 4.93. The monoisotopic (exact) mass is 194 g/mol. The first-order valence-electron chi connectivity index (χ1n) is 5.59. The Morgan fingerprint density at radius 2 is 1.93 bits per heavy atom. The molecule has 0 bridgehead atoms. The van der Waals surface area contributed by atoms with E-state index in [-0.39, 0.29) is 0 Å². The molecule has 0 aromatic carbocycles. The Kier molecular flexibility index (Phi) is 4.18. The van der Waals surface area contributed by atoms with E-state index in [1.165, 1.54) is 12.2 Å². The third-order valence-corrected chi connectivity index (χ3v) is 2.34. The Morgan fingerprint density at radius 3 is 2.50 bits per heavy atom. The fourth-order valence-corrected chi connectivity index (χ4v) is 1.50. The van der Waals surface area contributed by atoms with Crippen LogP contribution in [0.1, 0.15) is 39.9 Å². The van der Waals surface area contributed by atoms with Crippen molar-refractivity contribution in [1.29, 1.82) is 0 Å². The standard InChI is InChI=1S/C12H22N2/c1-10(2)5-7-14-8-6-13-12(14)9-11(3)4/h6,8,10-11H,5,7,9H2,1-4H3. The van der Waals surface area contributed by atoms with E-state index in [2.05, 4.69) is 43.4 Å². The van der Waals surface area contributed by atoms with Gasteiger partial charge in [0.15, 0.2) is 0 Å². The predicted molar refractivity (Wildman–Crippen MR) is 60.2 cm³/mol. The molecular formula is C12H22N2. The second-order valence-electron chi connectivity index (χ2n) is 4.82. The second-order valence-corrected chi connectivity index (χ2v) is 4.82. The van der Waals surface area contributed by atoms with Crippen LogP contribution in [-0.2, 0) is 13.0 Å². The van der Waals surface area contributed by atoms with E-state index in [1.807, 2.05) is 6.20 Å². The van der Waals surface area contributed by atoms with Crippen molar-refractivity contribution in [2.24, 2.45) is 11.8 Å². The summed E-state index contributed by atoms with van der Waals surface area (Å²) >= 11 is 0. The van der Waals surface area contributed by atoms with Gasteiger partial charge in [0.25, 0.3) is 0 Å². The summed E-state index contributed by atoms with van der Waals surface area (Å²) in [6, 6.07) is 0. The van der Waals surface area contributed by atoms with Gasteiger partial charge in [0.2, 0.25) is 0 Å². The number of rotatable bonds is 5. The average Bonchev–Trinajstić information content (AvgIpc) is 2.47. The first kappa shape index (κ1) is 11.3. The molecule has 2 heteroatoms. The lowest BCUT2D eigenvalue weighted by atomic mass is 10.1. The van der Waals surface area contributed by atoms with Gasteiger partial charge in [-0.3, -0.25) is 0 Å². The number of hydrogen-bond acceptors (Lipinski definition) is 1. The smallest absolute Gasteiger partial charge is 0.108 e. The van der Waals surface area contributed by atoms with Crippen LogP contribution in [0.15, 0.2) is 12.4 Å². The lowest BCUT2D eigenvalue weighted by molar-refractivity contribution is 0.492. The number of aromatic nitrogens is 2. The molecule has 0 saturated carbocycles. The molecule has 1 heterocycles. The minimum atomic E-state index is 0.690. The van der Waals surface area contributed by atoms with Crippen LogP contribution in [0.3, 0.4) is 0 Å².